The highest BCUT2D eigenvalue weighted by Gasteiger charge is 2.19. The minimum Gasteiger partial charge on any atom is -0.496 e. The summed E-state index contributed by atoms with van der Waals surface area (Å²) in [7, 11) is -2.03. The number of sulfonamides is 1. The van der Waals surface area contributed by atoms with E-state index >= 15 is 0 Å². The van der Waals surface area contributed by atoms with Crippen molar-refractivity contribution in [1.82, 2.24) is 14.5 Å². The third-order valence-electron chi connectivity index (χ3n) is 3.93. The van der Waals surface area contributed by atoms with Crippen molar-refractivity contribution < 1.29 is 13.2 Å². The van der Waals surface area contributed by atoms with E-state index in [9.17, 15) is 8.42 Å². The van der Waals surface area contributed by atoms with Gasteiger partial charge in [-0.15, -0.1) is 11.3 Å². The number of aromatic nitrogens is 2. The Morgan fingerprint density at radius 1 is 1.27 bits per heavy atom. The minimum absolute atomic E-state index is 0.174. The van der Waals surface area contributed by atoms with Crippen molar-refractivity contribution in [2.24, 2.45) is 0 Å². The highest BCUT2D eigenvalue weighted by atomic mass is 32.2. The molecule has 0 aliphatic heterocycles. The van der Waals surface area contributed by atoms with Gasteiger partial charge in [-0.25, -0.2) is 13.1 Å². The summed E-state index contributed by atoms with van der Waals surface area (Å²) in [5, 5.41) is 6.14. The van der Waals surface area contributed by atoms with Crippen molar-refractivity contribution in [3.63, 3.8) is 0 Å². The van der Waals surface area contributed by atoms with E-state index in [4.69, 9.17) is 4.74 Å². The molecule has 0 spiro atoms. The molecule has 2 heterocycles. The van der Waals surface area contributed by atoms with E-state index in [1.807, 2.05) is 40.4 Å². The number of methoxy groups -OCH3 is 1. The molecule has 0 bridgehead atoms. The van der Waals surface area contributed by atoms with Crippen LogP contribution in [0.5, 0.6) is 5.75 Å². The molecule has 2 aromatic heterocycles. The van der Waals surface area contributed by atoms with Crippen LogP contribution in [0.3, 0.4) is 0 Å². The number of nitrogens with one attached hydrogen (secondary N) is 1. The maximum absolute atomic E-state index is 12.6. The van der Waals surface area contributed by atoms with Crippen molar-refractivity contribution in [1.29, 1.82) is 0 Å². The van der Waals surface area contributed by atoms with E-state index in [-0.39, 0.29) is 10.8 Å². The monoisotopic (exact) mass is 391 g/mol. The van der Waals surface area contributed by atoms with Crippen molar-refractivity contribution in [2.75, 3.05) is 7.11 Å². The molecule has 1 aromatic carbocycles. The number of hydrogen-bond donors (Lipinski definition) is 1. The van der Waals surface area contributed by atoms with Crippen LogP contribution in [-0.2, 0) is 23.1 Å². The van der Waals surface area contributed by atoms with Crippen LogP contribution in [-0.4, -0.2) is 25.3 Å². The SMILES string of the molecule is CCCn1nccc1-c1csc(S(=O)(=O)NCc2ccccc2OC)c1. The van der Waals surface area contributed by atoms with E-state index in [1.54, 1.807) is 19.4 Å². The lowest BCUT2D eigenvalue weighted by molar-refractivity contribution is 0.409. The molecule has 6 nitrogen and oxygen atoms in total. The first-order chi connectivity index (χ1) is 12.5. The van der Waals surface area contributed by atoms with Crippen molar-refractivity contribution in [3.8, 4) is 17.0 Å². The molecular formula is C18H21N3O3S2. The van der Waals surface area contributed by atoms with E-state index in [0.717, 1.165) is 29.8 Å². The summed E-state index contributed by atoms with van der Waals surface area (Å²) in [5.74, 6) is 0.658. The lowest BCUT2D eigenvalue weighted by atomic mass is 10.2. The van der Waals surface area contributed by atoms with Gasteiger partial charge in [0.25, 0.3) is 0 Å². The Labute approximate surface area is 157 Å². The number of para-hydroxylation sites is 1. The van der Waals surface area contributed by atoms with Crippen LogP contribution in [0.1, 0.15) is 18.9 Å². The smallest absolute Gasteiger partial charge is 0.250 e. The number of nitrogens with zero attached hydrogens (tertiary/aromatic N) is 2. The van der Waals surface area contributed by atoms with E-state index < -0.39 is 10.0 Å². The molecule has 3 aromatic rings. The predicted octanol–water partition coefficient (Wildman–Crippen LogP) is 3.51. The molecule has 26 heavy (non-hydrogen) atoms. The Morgan fingerprint density at radius 2 is 2.08 bits per heavy atom. The van der Waals surface area contributed by atoms with Gasteiger partial charge in [-0.3, -0.25) is 4.68 Å². The Hall–Kier alpha value is -2.16. The van der Waals surface area contributed by atoms with Gasteiger partial charge in [0.15, 0.2) is 0 Å². The summed E-state index contributed by atoms with van der Waals surface area (Å²) in [5.41, 5.74) is 2.57. The standard InChI is InChI=1S/C18H21N3O3S2/c1-3-10-21-16(8-9-19-21)15-11-18(25-13-15)26(22,23)20-12-14-6-4-5-7-17(14)24-2/h4-9,11,13,20H,3,10,12H2,1-2H3. The second kappa shape index (κ2) is 8.03. The highest BCUT2D eigenvalue weighted by Crippen LogP contribution is 2.29. The van der Waals surface area contributed by atoms with Crippen LogP contribution in [0.4, 0.5) is 0 Å². The molecular weight excluding hydrogens is 370 g/mol. The molecule has 0 atom stereocenters. The Morgan fingerprint density at radius 3 is 2.85 bits per heavy atom. The quantitative estimate of drug-likeness (QED) is 0.638. The van der Waals surface area contributed by atoms with Crippen LogP contribution in [0.15, 0.2) is 52.2 Å². The average Bonchev–Trinajstić information content (AvgIpc) is 3.30. The minimum atomic E-state index is -3.60. The Bertz CT molecular complexity index is 977. The van der Waals surface area contributed by atoms with Crippen LogP contribution in [0, 0.1) is 0 Å². The number of hydrogen-bond acceptors (Lipinski definition) is 5. The third kappa shape index (κ3) is 3.98. The Kier molecular flexibility index (Phi) is 5.75. The van der Waals surface area contributed by atoms with Crippen molar-refractivity contribution in [2.45, 2.75) is 30.6 Å². The van der Waals surface area contributed by atoms with Gasteiger partial charge in [0.05, 0.1) is 12.8 Å². The van der Waals surface area contributed by atoms with Gasteiger partial charge in [0.2, 0.25) is 10.0 Å². The first-order valence-electron chi connectivity index (χ1n) is 8.27. The second-order valence-electron chi connectivity index (χ2n) is 5.73. The zero-order valence-electron chi connectivity index (χ0n) is 14.7. The molecule has 1 N–H and O–H groups in total. The third-order valence-corrected chi connectivity index (χ3v) is 6.77. The van der Waals surface area contributed by atoms with E-state index in [1.165, 1.54) is 11.3 Å². The van der Waals surface area contributed by atoms with Crippen LogP contribution < -0.4 is 9.46 Å². The highest BCUT2D eigenvalue weighted by molar-refractivity contribution is 7.91. The zero-order valence-corrected chi connectivity index (χ0v) is 16.3. The molecule has 0 fully saturated rings. The number of thiophene rings is 1. The maximum Gasteiger partial charge on any atom is 0.250 e. The van der Waals surface area contributed by atoms with Gasteiger partial charge in [-0.2, -0.15) is 5.10 Å². The van der Waals surface area contributed by atoms with Gasteiger partial charge in [-0.05, 0) is 24.6 Å². The summed E-state index contributed by atoms with van der Waals surface area (Å²) < 4.78 is 35.4. The molecule has 8 heteroatoms. The summed E-state index contributed by atoms with van der Waals surface area (Å²) >= 11 is 1.20. The topological polar surface area (TPSA) is 73.2 Å². The fourth-order valence-electron chi connectivity index (χ4n) is 2.65. The molecule has 3 rings (SSSR count). The molecule has 0 unspecified atom stereocenters. The summed E-state index contributed by atoms with van der Waals surface area (Å²) in [6.07, 6.45) is 2.70. The number of ether oxygens (including phenoxy) is 1. The lowest BCUT2D eigenvalue weighted by Crippen LogP contribution is -2.22. The maximum atomic E-state index is 12.6. The fourth-order valence-corrected chi connectivity index (χ4v) is 4.88. The molecule has 0 aliphatic rings. The van der Waals surface area contributed by atoms with Crippen molar-refractivity contribution >= 4 is 21.4 Å². The average molecular weight is 392 g/mol. The number of rotatable bonds is 8. The van der Waals surface area contributed by atoms with E-state index in [0.29, 0.717) is 5.75 Å². The van der Waals surface area contributed by atoms with Gasteiger partial charge < -0.3 is 4.74 Å². The van der Waals surface area contributed by atoms with Gasteiger partial charge in [0.1, 0.15) is 9.96 Å². The summed E-state index contributed by atoms with van der Waals surface area (Å²) in [4.78, 5) is 0. The predicted molar refractivity (Wildman–Crippen MR) is 103 cm³/mol. The molecule has 0 saturated carbocycles. The first-order valence-corrected chi connectivity index (χ1v) is 10.6. The van der Waals surface area contributed by atoms with Crippen molar-refractivity contribution in [3.05, 3.63) is 53.5 Å². The van der Waals surface area contributed by atoms with Crippen LogP contribution in [0.25, 0.3) is 11.3 Å². The number of aryl methyl sites for hydroxylation is 1. The molecule has 0 amide bonds. The summed E-state index contributed by atoms with van der Waals surface area (Å²) in [6.45, 7) is 3.05. The first kappa shape index (κ1) is 18.6. The van der Waals surface area contributed by atoms with Gasteiger partial charge >= 0.3 is 0 Å². The molecule has 0 saturated heterocycles. The van der Waals surface area contributed by atoms with E-state index in [2.05, 4.69) is 16.7 Å². The Balaban J connectivity index is 1.78. The lowest BCUT2D eigenvalue weighted by Gasteiger charge is -2.09. The van der Waals surface area contributed by atoms with Gasteiger partial charge in [0, 0.05) is 35.8 Å². The zero-order chi connectivity index (χ0) is 18.6. The van der Waals surface area contributed by atoms with Crippen LogP contribution >= 0.6 is 11.3 Å². The normalized spacial score (nSPS) is 11.6. The fraction of sp³-hybridized carbons (Fsp3) is 0.278. The number of benzene rings is 1. The van der Waals surface area contributed by atoms with Crippen LogP contribution in [0.2, 0.25) is 0 Å². The molecule has 138 valence electrons. The molecule has 0 aliphatic carbocycles. The summed E-state index contributed by atoms with van der Waals surface area (Å²) in [6, 6.07) is 10.9. The second-order valence-corrected chi connectivity index (χ2v) is 8.64. The van der Waals surface area contributed by atoms with Gasteiger partial charge in [-0.1, -0.05) is 25.1 Å². The largest absolute Gasteiger partial charge is 0.496 e. The molecule has 0 radical (unpaired) electrons.